The first kappa shape index (κ1) is 12.4. The van der Waals surface area contributed by atoms with E-state index in [2.05, 4.69) is 15.9 Å². The van der Waals surface area contributed by atoms with Crippen LogP contribution in [0.2, 0.25) is 0 Å². The molecule has 1 aromatic carbocycles. The second-order valence-electron chi connectivity index (χ2n) is 3.54. The molecule has 0 spiro atoms. The van der Waals surface area contributed by atoms with Crippen LogP contribution in [0.5, 0.6) is 0 Å². The molecule has 2 nitrogen and oxygen atoms in total. The van der Waals surface area contributed by atoms with Crippen LogP contribution >= 0.6 is 15.9 Å². The molecule has 0 N–H and O–H groups in total. The van der Waals surface area contributed by atoms with Crippen molar-refractivity contribution in [3.63, 3.8) is 0 Å². The minimum atomic E-state index is 0.177. The Morgan fingerprint density at radius 1 is 1.40 bits per heavy atom. The van der Waals surface area contributed by atoms with E-state index in [1.165, 1.54) is 0 Å². The molecule has 1 aromatic rings. The topological polar surface area (TPSA) is 26.3 Å². The average Bonchev–Trinajstić information content (AvgIpc) is 2.16. The lowest BCUT2D eigenvalue weighted by Gasteiger charge is -2.03. The van der Waals surface area contributed by atoms with E-state index in [0.717, 1.165) is 22.0 Å². The Kier molecular flexibility index (Phi) is 4.99. The summed E-state index contributed by atoms with van der Waals surface area (Å²) < 4.78 is 5.87. The number of benzene rings is 1. The summed E-state index contributed by atoms with van der Waals surface area (Å²) in [6.45, 7) is 2.62. The fourth-order valence-corrected chi connectivity index (χ4v) is 2.03. The predicted molar refractivity (Wildman–Crippen MR) is 64.3 cm³/mol. The number of carbonyl (C=O) groups excluding carboxylic acids is 1. The van der Waals surface area contributed by atoms with E-state index >= 15 is 0 Å². The van der Waals surface area contributed by atoms with E-state index in [9.17, 15) is 4.79 Å². The van der Waals surface area contributed by atoms with Gasteiger partial charge in [0.25, 0.3) is 0 Å². The number of rotatable bonds is 5. The van der Waals surface area contributed by atoms with Gasteiger partial charge in [-0.05, 0) is 37.1 Å². The monoisotopic (exact) mass is 270 g/mol. The number of hydrogen-bond acceptors (Lipinski definition) is 2. The summed E-state index contributed by atoms with van der Waals surface area (Å²) in [5.74, 6) is 0.177. The maximum atomic E-state index is 11.7. The summed E-state index contributed by atoms with van der Waals surface area (Å²) >= 11 is 3.39. The highest BCUT2D eigenvalue weighted by molar-refractivity contribution is 9.10. The lowest BCUT2D eigenvalue weighted by molar-refractivity contribution is 0.0963. The van der Waals surface area contributed by atoms with Gasteiger partial charge in [-0.1, -0.05) is 15.9 Å². The Morgan fingerprint density at radius 3 is 2.73 bits per heavy atom. The van der Waals surface area contributed by atoms with Crippen molar-refractivity contribution in [3.05, 3.63) is 33.8 Å². The number of Topliss-reactive ketones (excluding diaryl/α,β-unsaturated/α-hetero) is 1. The number of ether oxygens (including phenoxy) is 1. The standard InChI is InChI=1S/C12H15BrO2/c1-9-6-10(8-11(13)7-9)12(14)4-3-5-15-2/h6-8H,3-5H2,1-2H3. The van der Waals surface area contributed by atoms with Crippen LogP contribution in [0.1, 0.15) is 28.8 Å². The van der Waals surface area contributed by atoms with Gasteiger partial charge in [0, 0.05) is 30.2 Å². The molecule has 0 amide bonds. The Labute approximate surface area is 98.8 Å². The van der Waals surface area contributed by atoms with Crippen molar-refractivity contribution >= 4 is 21.7 Å². The van der Waals surface area contributed by atoms with Gasteiger partial charge in [0.2, 0.25) is 0 Å². The van der Waals surface area contributed by atoms with E-state index in [4.69, 9.17) is 4.74 Å². The number of methoxy groups -OCH3 is 1. The van der Waals surface area contributed by atoms with E-state index in [1.807, 2.05) is 25.1 Å². The molecule has 0 radical (unpaired) electrons. The van der Waals surface area contributed by atoms with Gasteiger partial charge < -0.3 is 4.74 Å². The SMILES string of the molecule is COCCCC(=O)c1cc(C)cc(Br)c1. The predicted octanol–water partition coefficient (Wildman–Crippen LogP) is 3.37. The zero-order valence-corrected chi connectivity index (χ0v) is 10.6. The Morgan fingerprint density at radius 2 is 2.13 bits per heavy atom. The lowest BCUT2D eigenvalue weighted by Crippen LogP contribution is -2.01. The van der Waals surface area contributed by atoms with Gasteiger partial charge in [-0.15, -0.1) is 0 Å². The molecule has 0 unspecified atom stereocenters. The third-order valence-corrected chi connectivity index (χ3v) is 2.57. The first-order chi connectivity index (χ1) is 7.13. The summed E-state index contributed by atoms with van der Waals surface area (Å²) in [5.41, 5.74) is 1.87. The Balaban J connectivity index is 2.65. The number of carbonyl (C=O) groups is 1. The molecular weight excluding hydrogens is 256 g/mol. The highest BCUT2D eigenvalue weighted by atomic mass is 79.9. The summed E-state index contributed by atoms with van der Waals surface area (Å²) in [6.07, 6.45) is 1.32. The van der Waals surface area contributed by atoms with Crippen LogP contribution in [0.25, 0.3) is 0 Å². The van der Waals surface area contributed by atoms with Crippen LogP contribution in [-0.4, -0.2) is 19.5 Å². The molecular formula is C12H15BrO2. The van der Waals surface area contributed by atoms with Gasteiger partial charge in [0.05, 0.1) is 0 Å². The fraction of sp³-hybridized carbons (Fsp3) is 0.417. The van der Waals surface area contributed by atoms with Gasteiger partial charge in [-0.25, -0.2) is 0 Å². The molecule has 0 saturated carbocycles. The van der Waals surface area contributed by atoms with Crippen molar-refractivity contribution in [3.8, 4) is 0 Å². The minimum Gasteiger partial charge on any atom is -0.385 e. The Bertz CT molecular complexity index is 327. The summed E-state index contributed by atoms with van der Waals surface area (Å²) in [6, 6.07) is 5.77. The third-order valence-electron chi connectivity index (χ3n) is 2.12. The van der Waals surface area contributed by atoms with Crippen LogP contribution in [0.3, 0.4) is 0 Å². The molecule has 0 aliphatic rings. The molecule has 0 aliphatic heterocycles. The number of halogens is 1. The minimum absolute atomic E-state index is 0.177. The second kappa shape index (κ2) is 6.03. The molecule has 3 heteroatoms. The van der Waals surface area contributed by atoms with E-state index in [0.29, 0.717) is 13.0 Å². The van der Waals surface area contributed by atoms with E-state index in [1.54, 1.807) is 7.11 Å². The van der Waals surface area contributed by atoms with Gasteiger partial charge in [-0.2, -0.15) is 0 Å². The summed E-state index contributed by atoms with van der Waals surface area (Å²) in [7, 11) is 1.65. The molecule has 0 aliphatic carbocycles. The largest absolute Gasteiger partial charge is 0.385 e. The quantitative estimate of drug-likeness (QED) is 0.606. The van der Waals surface area contributed by atoms with Crippen molar-refractivity contribution in [2.75, 3.05) is 13.7 Å². The summed E-state index contributed by atoms with van der Waals surface area (Å²) in [4.78, 5) is 11.7. The zero-order chi connectivity index (χ0) is 11.3. The highest BCUT2D eigenvalue weighted by Crippen LogP contribution is 2.17. The molecule has 0 heterocycles. The first-order valence-corrected chi connectivity index (χ1v) is 5.72. The summed E-state index contributed by atoms with van der Waals surface area (Å²) in [5, 5.41) is 0. The molecule has 0 fully saturated rings. The molecule has 15 heavy (non-hydrogen) atoms. The first-order valence-electron chi connectivity index (χ1n) is 4.93. The van der Waals surface area contributed by atoms with E-state index in [-0.39, 0.29) is 5.78 Å². The smallest absolute Gasteiger partial charge is 0.163 e. The molecule has 0 bridgehead atoms. The highest BCUT2D eigenvalue weighted by Gasteiger charge is 2.06. The number of aryl methyl sites for hydroxylation is 1. The van der Waals surface area contributed by atoms with Crippen molar-refractivity contribution in [2.24, 2.45) is 0 Å². The maximum absolute atomic E-state index is 11.7. The van der Waals surface area contributed by atoms with Crippen molar-refractivity contribution in [1.82, 2.24) is 0 Å². The van der Waals surface area contributed by atoms with Crippen LogP contribution < -0.4 is 0 Å². The second-order valence-corrected chi connectivity index (χ2v) is 4.45. The molecule has 0 atom stereocenters. The van der Waals surface area contributed by atoms with Gasteiger partial charge >= 0.3 is 0 Å². The lowest BCUT2D eigenvalue weighted by atomic mass is 10.0. The van der Waals surface area contributed by atoms with Crippen molar-refractivity contribution in [1.29, 1.82) is 0 Å². The number of ketones is 1. The molecule has 0 saturated heterocycles. The maximum Gasteiger partial charge on any atom is 0.163 e. The van der Waals surface area contributed by atoms with Crippen LogP contribution in [0, 0.1) is 6.92 Å². The molecule has 1 rings (SSSR count). The average molecular weight is 271 g/mol. The van der Waals surface area contributed by atoms with Crippen LogP contribution in [0.4, 0.5) is 0 Å². The van der Waals surface area contributed by atoms with E-state index < -0.39 is 0 Å². The Hall–Kier alpha value is -0.670. The zero-order valence-electron chi connectivity index (χ0n) is 9.05. The van der Waals surface area contributed by atoms with Gasteiger partial charge in [-0.3, -0.25) is 4.79 Å². The van der Waals surface area contributed by atoms with Crippen LogP contribution in [0.15, 0.2) is 22.7 Å². The van der Waals surface area contributed by atoms with Crippen LogP contribution in [-0.2, 0) is 4.74 Å². The third kappa shape index (κ3) is 4.14. The van der Waals surface area contributed by atoms with Crippen molar-refractivity contribution in [2.45, 2.75) is 19.8 Å². The van der Waals surface area contributed by atoms with Gasteiger partial charge in [0.1, 0.15) is 0 Å². The normalized spacial score (nSPS) is 10.3. The number of hydrogen-bond donors (Lipinski definition) is 0. The van der Waals surface area contributed by atoms with Gasteiger partial charge in [0.15, 0.2) is 5.78 Å². The fourth-order valence-electron chi connectivity index (χ4n) is 1.42. The molecule has 82 valence electrons. The molecule has 0 aromatic heterocycles. The van der Waals surface area contributed by atoms with Crippen molar-refractivity contribution < 1.29 is 9.53 Å².